The second-order valence-electron chi connectivity index (χ2n) is 6.17. The van der Waals surface area contributed by atoms with Crippen LogP contribution in [0.15, 0.2) is 29.3 Å². The molecule has 110 valence electrons. The van der Waals surface area contributed by atoms with E-state index in [1.807, 2.05) is 23.9 Å². The van der Waals surface area contributed by atoms with Crippen molar-refractivity contribution in [3.63, 3.8) is 0 Å². The fourth-order valence-corrected chi connectivity index (χ4v) is 3.10. The zero-order valence-corrected chi connectivity index (χ0v) is 13.6. The maximum Gasteiger partial charge on any atom is 0.157 e. The molecular weight excluding hydrogens is 268 g/mol. The molecule has 1 heterocycles. The van der Waals surface area contributed by atoms with Crippen LogP contribution in [-0.4, -0.2) is 24.1 Å². The fourth-order valence-electron chi connectivity index (χ4n) is 2.17. The first-order valence-electron chi connectivity index (χ1n) is 7.06. The first-order chi connectivity index (χ1) is 9.49. The smallest absolute Gasteiger partial charge is 0.157 e. The van der Waals surface area contributed by atoms with Crippen LogP contribution in [0.5, 0.6) is 5.75 Å². The van der Waals surface area contributed by atoms with E-state index in [1.54, 1.807) is 7.11 Å². The topological polar surface area (TPSA) is 33.6 Å². The number of methoxy groups -OCH3 is 1. The molecule has 3 nitrogen and oxygen atoms in total. The molecule has 4 heteroatoms. The minimum atomic E-state index is 0.280. The molecule has 1 aromatic rings. The third-order valence-corrected chi connectivity index (χ3v) is 4.51. The van der Waals surface area contributed by atoms with Gasteiger partial charge in [0.15, 0.2) is 5.17 Å². The van der Waals surface area contributed by atoms with Gasteiger partial charge in [-0.15, -0.1) is 0 Å². The van der Waals surface area contributed by atoms with E-state index in [0.717, 1.165) is 23.2 Å². The van der Waals surface area contributed by atoms with Gasteiger partial charge in [0.1, 0.15) is 5.75 Å². The number of nitrogens with zero attached hydrogens (tertiary/aromatic N) is 1. The van der Waals surface area contributed by atoms with Crippen molar-refractivity contribution in [2.45, 2.75) is 39.8 Å². The van der Waals surface area contributed by atoms with Crippen LogP contribution in [0.25, 0.3) is 0 Å². The zero-order valence-electron chi connectivity index (χ0n) is 12.8. The molecular formula is C16H24N2OS. The van der Waals surface area contributed by atoms with E-state index in [1.165, 1.54) is 12.0 Å². The molecule has 1 unspecified atom stereocenters. The van der Waals surface area contributed by atoms with Crippen molar-refractivity contribution < 1.29 is 4.74 Å². The largest absolute Gasteiger partial charge is 0.497 e. The summed E-state index contributed by atoms with van der Waals surface area (Å²) in [6, 6.07) is 8.61. The van der Waals surface area contributed by atoms with Crippen molar-refractivity contribution in [2.75, 3.05) is 12.9 Å². The van der Waals surface area contributed by atoms with Gasteiger partial charge in [0, 0.05) is 11.8 Å². The Morgan fingerprint density at radius 2 is 2.00 bits per heavy atom. The van der Waals surface area contributed by atoms with E-state index in [9.17, 15) is 0 Å². The Hall–Kier alpha value is -1.16. The number of aliphatic imine (C=N–C) groups is 1. The predicted molar refractivity (Wildman–Crippen MR) is 87.6 cm³/mol. The first kappa shape index (κ1) is 15.2. The van der Waals surface area contributed by atoms with Gasteiger partial charge < -0.3 is 10.1 Å². The molecule has 0 bridgehead atoms. The molecule has 1 fully saturated rings. The monoisotopic (exact) mass is 292 g/mol. The maximum absolute atomic E-state index is 5.16. The van der Waals surface area contributed by atoms with Crippen molar-refractivity contribution in [3.05, 3.63) is 29.8 Å². The van der Waals surface area contributed by atoms with E-state index in [-0.39, 0.29) is 5.41 Å². The predicted octanol–water partition coefficient (Wildman–Crippen LogP) is 3.69. The number of ether oxygens (including phenoxy) is 1. The van der Waals surface area contributed by atoms with E-state index < -0.39 is 0 Å². The quantitative estimate of drug-likeness (QED) is 0.922. The maximum atomic E-state index is 5.16. The van der Waals surface area contributed by atoms with Crippen LogP contribution in [0.1, 0.15) is 32.8 Å². The van der Waals surface area contributed by atoms with Gasteiger partial charge in [0.05, 0.1) is 13.7 Å². The number of thioether (sulfide) groups is 1. The molecule has 1 aliphatic heterocycles. The number of rotatable bonds is 3. The molecule has 1 aromatic carbocycles. The van der Waals surface area contributed by atoms with Gasteiger partial charge >= 0.3 is 0 Å². The first-order valence-corrected chi connectivity index (χ1v) is 8.04. The number of nitrogens with one attached hydrogen (secondary N) is 1. The average molecular weight is 292 g/mol. The van der Waals surface area contributed by atoms with Gasteiger partial charge in [-0.2, -0.15) is 0 Å². The van der Waals surface area contributed by atoms with Crippen LogP contribution in [0.3, 0.4) is 0 Å². The Morgan fingerprint density at radius 3 is 2.60 bits per heavy atom. The van der Waals surface area contributed by atoms with Crippen LogP contribution >= 0.6 is 11.8 Å². The average Bonchev–Trinajstić information content (AvgIpc) is 2.45. The molecule has 0 aliphatic carbocycles. The van der Waals surface area contributed by atoms with Crippen LogP contribution in [0.4, 0.5) is 0 Å². The molecule has 0 saturated carbocycles. The fraction of sp³-hybridized carbons (Fsp3) is 0.562. The van der Waals surface area contributed by atoms with E-state index >= 15 is 0 Å². The van der Waals surface area contributed by atoms with Crippen molar-refractivity contribution in [2.24, 2.45) is 10.4 Å². The minimum absolute atomic E-state index is 0.280. The summed E-state index contributed by atoms with van der Waals surface area (Å²) < 4.78 is 5.16. The summed E-state index contributed by atoms with van der Waals surface area (Å²) in [4.78, 5) is 4.70. The highest BCUT2D eigenvalue weighted by Gasteiger charge is 2.28. The second-order valence-corrected chi connectivity index (χ2v) is 7.25. The molecule has 0 amide bonds. The molecule has 1 aliphatic rings. The van der Waals surface area contributed by atoms with Gasteiger partial charge in [-0.1, -0.05) is 44.7 Å². The summed E-state index contributed by atoms with van der Waals surface area (Å²) in [5.74, 6) is 2.04. The summed E-state index contributed by atoms with van der Waals surface area (Å²) >= 11 is 1.82. The summed E-state index contributed by atoms with van der Waals surface area (Å²) in [6.07, 6.45) is 1.20. The molecule has 1 N–H and O–H groups in total. The van der Waals surface area contributed by atoms with Crippen molar-refractivity contribution >= 4 is 16.9 Å². The Balaban J connectivity index is 1.96. The summed E-state index contributed by atoms with van der Waals surface area (Å²) in [7, 11) is 1.68. The SMILES string of the molecule is COc1ccc(CN=C2NC(C(C)(C)C)CCS2)cc1. The normalized spacial score (nSPS) is 21.6. The van der Waals surface area contributed by atoms with Crippen molar-refractivity contribution in [1.29, 1.82) is 0 Å². The molecule has 20 heavy (non-hydrogen) atoms. The van der Waals surface area contributed by atoms with E-state index in [4.69, 9.17) is 9.73 Å². The van der Waals surface area contributed by atoms with E-state index in [2.05, 4.69) is 38.2 Å². The van der Waals surface area contributed by atoms with Gasteiger partial charge in [-0.25, -0.2) is 0 Å². The number of hydrogen-bond acceptors (Lipinski definition) is 3. The number of benzene rings is 1. The lowest BCUT2D eigenvalue weighted by Gasteiger charge is -2.35. The number of hydrogen-bond donors (Lipinski definition) is 1. The summed E-state index contributed by atoms with van der Waals surface area (Å²) in [6.45, 7) is 7.56. The lowest BCUT2D eigenvalue weighted by atomic mass is 9.85. The second kappa shape index (κ2) is 6.53. The third kappa shape index (κ3) is 4.17. The highest BCUT2D eigenvalue weighted by Crippen LogP contribution is 2.27. The molecule has 2 rings (SSSR count). The minimum Gasteiger partial charge on any atom is -0.497 e. The van der Waals surface area contributed by atoms with Crippen molar-refractivity contribution in [1.82, 2.24) is 5.32 Å². The van der Waals surface area contributed by atoms with Gasteiger partial charge in [0.2, 0.25) is 0 Å². The van der Waals surface area contributed by atoms with Gasteiger partial charge in [0.25, 0.3) is 0 Å². The van der Waals surface area contributed by atoms with Gasteiger partial charge in [-0.3, -0.25) is 4.99 Å². The van der Waals surface area contributed by atoms with Crippen LogP contribution in [0, 0.1) is 5.41 Å². The van der Waals surface area contributed by atoms with Crippen LogP contribution in [0.2, 0.25) is 0 Å². The Morgan fingerprint density at radius 1 is 1.30 bits per heavy atom. The van der Waals surface area contributed by atoms with Gasteiger partial charge in [-0.05, 0) is 29.5 Å². The lowest BCUT2D eigenvalue weighted by Crippen LogP contribution is -2.46. The summed E-state index contributed by atoms with van der Waals surface area (Å²) in [5, 5.41) is 4.65. The van der Waals surface area contributed by atoms with Crippen LogP contribution < -0.4 is 10.1 Å². The Kier molecular flexibility index (Phi) is 4.97. The van der Waals surface area contributed by atoms with Crippen LogP contribution in [-0.2, 0) is 6.54 Å². The molecule has 1 atom stereocenters. The molecule has 0 aromatic heterocycles. The lowest BCUT2D eigenvalue weighted by molar-refractivity contribution is 0.290. The highest BCUT2D eigenvalue weighted by molar-refractivity contribution is 8.13. The third-order valence-electron chi connectivity index (χ3n) is 3.55. The molecule has 1 saturated heterocycles. The standard InChI is InChI=1S/C16H24N2OS/c1-16(2,3)14-9-10-20-15(18-14)17-11-12-5-7-13(19-4)8-6-12/h5-8,14H,9-11H2,1-4H3,(H,17,18). The Bertz CT molecular complexity index is 462. The summed E-state index contributed by atoms with van der Waals surface area (Å²) in [5.41, 5.74) is 1.49. The highest BCUT2D eigenvalue weighted by atomic mass is 32.2. The van der Waals surface area contributed by atoms with Crippen molar-refractivity contribution in [3.8, 4) is 5.75 Å². The number of amidine groups is 1. The Labute approximate surface area is 126 Å². The zero-order chi connectivity index (χ0) is 14.6. The molecule has 0 spiro atoms. The molecule has 0 radical (unpaired) electrons. The van der Waals surface area contributed by atoms with E-state index in [0.29, 0.717) is 6.04 Å².